The van der Waals surface area contributed by atoms with Crippen LogP contribution in [0.4, 0.5) is 0 Å². The van der Waals surface area contributed by atoms with E-state index in [0.717, 1.165) is 0 Å². The van der Waals surface area contributed by atoms with Gasteiger partial charge in [0.2, 0.25) is 0 Å². The molecule has 8 heavy (non-hydrogen) atoms. The monoisotopic (exact) mass is 229 g/mol. The number of hydrogen-bond acceptors (Lipinski definition) is 4. The number of rotatable bonds is 0. The van der Waals surface area contributed by atoms with Crippen LogP contribution in [0.25, 0.3) is 0 Å². The van der Waals surface area contributed by atoms with Gasteiger partial charge in [-0.3, -0.25) is 8.42 Å². The second-order valence-electron chi connectivity index (χ2n) is 0.408. The summed E-state index contributed by atoms with van der Waals surface area (Å²) in [5.41, 5.74) is 0. The molecule has 0 atom stereocenters. The molecule has 0 amide bonds. The van der Waals surface area contributed by atoms with Crippen LogP contribution in [0.2, 0.25) is 0 Å². The number of hydrogen-bond donors (Lipinski definition) is 0. The predicted octanol–water partition coefficient (Wildman–Crippen LogP) is -7.33. The van der Waals surface area contributed by atoms with E-state index in [1.165, 1.54) is 0 Å². The van der Waals surface area contributed by atoms with Gasteiger partial charge in [0.1, 0.15) is 0 Å². The van der Waals surface area contributed by atoms with Crippen molar-refractivity contribution in [2.75, 3.05) is 0 Å². The molecule has 0 aliphatic rings. The maximum Gasteiger partial charge on any atom is 2.00 e. The Morgan fingerprint density at radius 1 is 1.12 bits per heavy atom. The molecule has 0 fully saturated rings. The fourth-order valence-corrected chi connectivity index (χ4v) is 0. The van der Waals surface area contributed by atoms with E-state index in [1.54, 1.807) is 0 Å². The fourth-order valence-electron chi connectivity index (χ4n) is 0. The Hall–Kier alpha value is 2.30. The van der Waals surface area contributed by atoms with Crippen molar-refractivity contribution in [2.45, 2.75) is 0 Å². The zero-order valence-electron chi connectivity index (χ0n) is 3.75. The second kappa shape index (κ2) is 9.30. The minimum atomic E-state index is -5.17. The van der Waals surface area contributed by atoms with Gasteiger partial charge in [-0.15, -0.1) is 0 Å². The first-order valence-corrected chi connectivity index (χ1v) is 2.00. The third-order valence-corrected chi connectivity index (χ3v) is 0. The second-order valence-corrected chi connectivity index (χ2v) is 1.22. The zero-order chi connectivity index (χ0) is 4.50. The Morgan fingerprint density at radius 3 is 1.12 bits per heavy atom. The van der Waals surface area contributed by atoms with Crippen LogP contribution in [0.15, 0.2) is 0 Å². The smallest absolute Gasteiger partial charge is 1.00 e. The van der Waals surface area contributed by atoms with Crippen molar-refractivity contribution in [1.82, 2.24) is 0 Å². The molecule has 0 saturated heterocycles. The predicted molar refractivity (Wildman–Crippen MR) is 10.5 cm³/mol. The van der Waals surface area contributed by atoms with Gasteiger partial charge in [-0.05, 0) is 0 Å². The van der Waals surface area contributed by atoms with Crippen LogP contribution in [0.1, 0.15) is 0 Å². The Bertz CT molecular complexity index is 99.2. The third-order valence-electron chi connectivity index (χ3n) is 0. The summed E-state index contributed by atoms with van der Waals surface area (Å²) in [6, 6.07) is 0. The van der Waals surface area contributed by atoms with Crippen LogP contribution in [0.5, 0.6) is 0 Å². The first-order chi connectivity index (χ1) is 2.00. The maximum atomic E-state index is 8.52. The molecule has 0 aromatic rings. The summed E-state index contributed by atoms with van der Waals surface area (Å²) in [4.78, 5) is 0. The largest absolute Gasteiger partial charge is 2.00 e. The van der Waals surface area contributed by atoms with Crippen molar-refractivity contribution in [1.29, 1.82) is 0 Å². The molecule has 0 saturated carbocycles. The van der Waals surface area contributed by atoms with E-state index in [-0.39, 0.29) is 80.6 Å². The van der Waals surface area contributed by atoms with Crippen LogP contribution in [-0.2, 0) is 27.2 Å². The summed E-state index contributed by atoms with van der Waals surface area (Å²) in [5, 5.41) is 0. The average molecular weight is 230 g/mol. The van der Waals surface area contributed by atoms with Gasteiger partial charge < -0.3 is 21.5 Å². The summed E-state index contributed by atoms with van der Waals surface area (Å²) in [6.45, 7) is 0. The maximum absolute atomic E-state index is 8.52. The quantitative estimate of drug-likeness (QED) is 0.235. The summed E-state index contributed by atoms with van der Waals surface area (Å²) >= 11 is 0. The van der Waals surface area contributed by atoms with Crippen molar-refractivity contribution in [3.63, 3.8) is 0 Å². The van der Waals surface area contributed by atoms with Gasteiger partial charge in [-0.2, -0.15) is 0 Å². The van der Waals surface area contributed by atoms with Crippen LogP contribution in [-0.4, -0.2) is 17.5 Å². The Balaban J connectivity index is -0.0000000267. The third kappa shape index (κ3) is 83.5. The molecule has 0 spiro atoms. The van der Waals surface area contributed by atoms with Crippen LogP contribution in [0.3, 0.4) is 0 Å². The standard InChI is InChI=1S/ClH.Co.K.H2O4S/c;;;1-5(2,3)4/h1H;;;(H2,1,2,3,4)/q;+2;+1;/p-3. The van der Waals surface area contributed by atoms with Crippen molar-refractivity contribution in [2.24, 2.45) is 0 Å². The number of halogens is 1. The first-order valence-electron chi connectivity index (χ1n) is 0.667. The molecule has 0 aliphatic carbocycles. The summed E-state index contributed by atoms with van der Waals surface area (Å²) in [5.74, 6) is 0. The Labute approximate surface area is 106 Å². The minimum Gasteiger partial charge on any atom is -1.00 e. The molecular weight excluding hydrogens is 230 g/mol. The van der Waals surface area contributed by atoms with Crippen molar-refractivity contribution in [3.8, 4) is 0 Å². The van der Waals surface area contributed by atoms with E-state index in [9.17, 15) is 0 Å². The topological polar surface area (TPSA) is 80.3 Å². The van der Waals surface area contributed by atoms with Crippen molar-refractivity contribution in [3.05, 3.63) is 0 Å². The molecule has 0 unspecified atom stereocenters. The zero-order valence-corrected chi connectivity index (χ0v) is 9.49. The van der Waals surface area contributed by atoms with Crippen molar-refractivity contribution >= 4 is 10.4 Å². The van der Waals surface area contributed by atoms with Gasteiger partial charge in [0.05, 0.1) is 0 Å². The molecule has 0 N–H and O–H groups in total. The molecule has 4 nitrogen and oxygen atoms in total. The molecule has 47 valence electrons. The summed E-state index contributed by atoms with van der Waals surface area (Å²) in [6.07, 6.45) is 0. The molecule has 0 aromatic heterocycles. The van der Waals surface area contributed by atoms with Gasteiger partial charge in [-0.1, -0.05) is 0 Å². The molecule has 8 heteroatoms. The normalized spacial score (nSPS) is 7.25. The summed E-state index contributed by atoms with van der Waals surface area (Å²) < 4.78 is 34.1. The fraction of sp³-hybridized carbons (Fsp3) is 0. The molecule has 0 bridgehead atoms. The van der Waals surface area contributed by atoms with Crippen LogP contribution < -0.4 is 63.8 Å². The SMILES string of the molecule is O=S(=O)([O-])[O-].[Cl-].[Co+2].[K+]. The van der Waals surface area contributed by atoms with E-state index in [4.69, 9.17) is 17.5 Å². The van der Waals surface area contributed by atoms with E-state index in [1.807, 2.05) is 0 Å². The van der Waals surface area contributed by atoms with Gasteiger partial charge >= 0.3 is 68.2 Å². The Morgan fingerprint density at radius 2 is 1.12 bits per heavy atom. The van der Waals surface area contributed by atoms with Gasteiger partial charge in [0.15, 0.2) is 0 Å². The van der Waals surface area contributed by atoms with E-state index < -0.39 is 10.4 Å². The Kier molecular flexibility index (Phi) is 26.1. The molecule has 1 radical (unpaired) electrons. The van der Waals surface area contributed by atoms with Crippen molar-refractivity contribution < 1.29 is 98.1 Å². The molecular formula is ClCoKO4S. The van der Waals surface area contributed by atoms with Crippen LogP contribution >= 0.6 is 0 Å². The first kappa shape index (κ1) is 22.4. The van der Waals surface area contributed by atoms with E-state index in [2.05, 4.69) is 0 Å². The van der Waals surface area contributed by atoms with E-state index in [0.29, 0.717) is 0 Å². The van der Waals surface area contributed by atoms with E-state index >= 15 is 0 Å². The van der Waals surface area contributed by atoms with Crippen LogP contribution in [0, 0.1) is 0 Å². The van der Waals surface area contributed by atoms with Gasteiger partial charge in [0, 0.05) is 10.4 Å². The molecule has 0 aliphatic heterocycles. The summed E-state index contributed by atoms with van der Waals surface area (Å²) in [7, 11) is -5.17. The minimum absolute atomic E-state index is 0. The molecule has 0 heterocycles. The average Bonchev–Trinajstić information content (AvgIpc) is 0.722. The molecule has 0 rings (SSSR count). The molecule has 0 aromatic carbocycles. The van der Waals surface area contributed by atoms with Gasteiger partial charge in [-0.25, -0.2) is 0 Å². The van der Waals surface area contributed by atoms with Gasteiger partial charge in [0.25, 0.3) is 0 Å².